The molecule has 8 heteroatoms. The maximum Gasteiger partial charge on any atom is 0.339 e. The van der Waals surface area contributed by atoms with Gasteiger partial charge in [-0.3, -0.25) is 14.6 Å². The Morgan fingerprint density at radius 3 is 0.937 bits per heavy atom. The van der Waals surface area contributed by atoms with Gasteiger partial charge in [-0.15, -0.1) is 5.06 Å². The van der Waals surface area contributed by atoms with Crippen molar-refractivity contribution in [2.75, 3.05) is 85.1 Å². The Kier molecular flexibility index (Phi) is 43.6. The molecule has 0 bridgehead atoms. The lowest BCUT2D eigenvalue weighted by Crippen LogP contribution is -2.52. The second kappa shape index (κ2) is 45.9. The molecule has 0 N–H and O–H groups in total. The predicted octanol–water partition coefficient (Wildman–Crippen LogP) is 14.2. The van der Waals surface area contributed by atoms with Crippen molar-refractivity contribution in [1.82, 2.24) is 24.7 Å². The van der Waals surface area contributed by atoms with Gasteiger partial charge in [-0.1, -0.05) is 227 Å². The summed E-state index contributed by atoms with van der Waals surface area (Å²) in [5, 5.41) is 1.83. The molecule has 0 unspecified atom stereocenters. The Bertz CT molecular complexity index is 940. The lowest BCUT2D eigenvalue weighted by Gasteiger charge is -2.35. The largest absolute Gasteiger partial charge is 0.366 e. The molecule has 1 saturated heterocycles. The van der Waals surface area contributed by atoms with Gasteiger partial charge in [0.15, 0.2) is 0 Å². The summed E-state index contributed by atoms with van der Waals surface area (Å²) < 4.78 is 0. The Balaban J connectivity index is 2.73. The number of carbonyl (C=O) groups is 2. The first-order valence-electron chi connectivity index (χ1n) is 28.4. The van der Waals surface area contributed by atoms with E-state index in [-0.39, 0.29) is 11.9 Å². The van der Waals surface area contributed by atoms with Crippen molar-refractivity contribution >= 4 is 11.9 Å². The minimum absolute atomic E-state index is 0.140. The number of amides is 1. The number of piperazine rings is 1. The van der Waals surface area contributed by atoms with Crippen LogP contribution in [-0.2, 0) is 14.4 Å². The number of hydrogen-bond acceptors (Lipinski definition) is 7. The molecule has 0 spiro atoms. The number of rotatable bonds is 48. The summed E-state index contributed by atoms with van der Waals surface area (Å²) in [6, 6.07) is 0. The highest BCUT2D eigenvalue weighted by Gasteiger charge is 2.25. The van der Waals surface area contributed by atoms with Gasteiger partial charge in [0.05, 0.1) is 26.2 Å². The van der Waals surface area contributed by atoms with Crippen LogP contribution >= 0.6 is 0 Å². The minimum atomic E-state index is -0.140. The van der Waals surface area contributed by atoms with Gasteiger partial charge in [-0.05, 0) is 64.8 Å². The molecule has 1 aliphatic heterocycles. The maximum atomic E-state index is 13.9. The number of carbonyl (C=O) groups excluding carboxylic acids is 2. The molecule has 1 rings (SSSR count). The molecule has 0 atom stereocenters. The molecule has 0 aromatic heterocycles. The molecule has 0 aromatic carbocycles. The molecule has 8 nitrogen and oxygen atoms in total. The first-order valence-corrected chi connectivity index (χ1v) is 28.4. The highest BCUT2D eigenvalue weighted by atomic mass is 16.7. The number of unbranched alkanes of at least 4 members (excludes halogenated alkanes) is 30. The molecule has 1 heterocycles. The van der Waals surface area contributed by atoms with Crippen molar-refractivity contribution in [3.05, 3.63) is 0 Å². The molecule has 1 fully saturated rings. The minimum Gasteiger partial charge on any atom is -0.366 e. The monoisotopic (exact) mass is 890 g/mol. The average molecular weight is 891 g/mol. The smallest absolute Gasteiger partial charge is 0.339 e. The predicted molar refractivity (Wildman–Crippen MR) is 274 cm³/mol. The van der Waals surface area contributed by atoms with Crippen molar-refractivity contribution in [1.29, 1.82) is 0 Å². The van der Waals surface area contributed by atoms with Gasteiger partial charge in [0.1, 0.15) is 0 Å². The third-order valence-electron chi connectivity index (χ3n) is 13.7. The van der Waals surface area contributed by atoms with Crippen LogP contribution in [0.4, 0.5) is 0 Å². The van der Waals surface area contributed by atoms with Crippen LogP contribution in [0.2, 0.25) is 0 Å². The Labute approximate surface area is 394 Å². The average Bonchev–Trinajstić information content (AvgIpc) is 3.28. The van der Waals surface area contributed by atoms with E-state index in [1.54, 1.807) is 0 Å². The zero-order valence-electron chi connectivity index (χ0n) is 43.4. The quantitative estimate of drug-likeness (QED) is 0.0564. The highest BCUT2D eigenvalue weighted by Crippen LogP contribution is 2.15. The van der Waals surface area contributed by atoms with E-state index in [1.807, 2.05) is 9.96 Å². The third-order valence-corrected chi connectivity index (χ3v) is 13.7. The van der Waals surface area contributed by atoms with E-state index >= 15 is 0 Å². The van der Waals surface area contributed by atoms with Crippen molar-refractivity contribution in [2.24, 2.45) is 0 Å². The van der Waals surface area contributed by atoms with Crippen LogP contribution in [0.1, 0.15) is 259 Å². The molecule has 0 aromatic rings. The first-order chi connectivity index (χ1) is 31.0. The molecule has 0 aliphatic carbocycles. The maximum absolute atomic E-state index is 13.9. The van der Waals surface area contributed by atoms with Gasteiger partial charge in [-0.25, -0.2) is 4.79 Å². The summed E-state index contributed by atoms with van der Waals surface area (Å²) in [4.78, 5) is 42.8. The van der Waals surface area contributed by atoms with E-state index in [1.165, 1.54) is 225 Å². The molecule has 1 aliphatic rings. The molecule has 0 radical (unpaired) electrons. The summed E-state index contributed by atoms with van der Waals surface area (Å²) in [6.07, 6.45) is 46.0. The van der Waals surface area contributed by atoms with Crippen molar-refractivity contribution in [3.63, 3.8) is 0 Å². The van der Waals surface area contributed by atoms with Crippen LogP contribution in [0.15, 0.2) is 0 Å². The zero-order chi connectivity index (χ0) is 45.7. The van der Waals surface area contributed by atoms with Crippen LogP contribution in [0, 0.1) is 0 Å². The van der Waals surface area contributed by atoms with E-state index in [4.69, 9.17) is 4.84 Å². The number of hydrogen-bond donors (Lipinski definition) is 0. The van der Waals surface area contributed by atoms with Crippen molar-refractivity contribution in [2.45, 2.75) is 259 Å². The lowest BCUT2D eigenvalue weighted by molar-refractivity contribution is -0.199. The van der Waals surface area contributed by atoms with Gasteiger partial charge in [0.2, 0.25) is 5.91 Å². The summed E-state index contributed by atoms with van der Waals surface area (Å²) in [6.45, 7) is 22.1. The summed E-state index contributed by atoms with van der Waals surface area (Å²) in [5.74, 6) is 0.101. The van der Waals surface area contributed by atoms with E-state index in [9.17, 15) is 9.59 Å². The third kappa shape index (κ3) is 37.6. The Hall–Kier alpha value is -1.22. The van der Waals surface area contributed by atoms with Crippen LogP contribution in [-0.4, -0.2) is 122 Å². The standard InChI is InChI=1S/C55H111N5O3/c1-6-11-16-21-26-31-36-41-56(42-37-32-27-22-17-12-7-2)46-47-58(45-40-35-30-25-20-15-10-5)52-54(61)59-48-50-60(51-49-59)63-55(62)53-57(43-38-33-28-23-18-13-8-3)44-39-34-29-24-19-14-9-4/h6-53H2,1-5H3. The topological polar surface area (TPSA) is 59.6 Å². The number of nitrogens with zero attached hydrogens (tertiary/aromatic N) is 5. The molecule has 374 valence electrons. The fourth-order valence-corrected chi connectivity index (χ4v) is 9.30. The fourth-order valence-electron chi connectivity index (χ4n) is 9.30. The van der Waals surface area contributed by atoms with E-state index in [0.717, 1.165) is 45.6 Å². The second-order valence-corrected chi connectivity index (χ2v) is 19.8. The fraction of sp³-hybridized carbons (Fsp3) is 0.964. The van der Waals surface area contributed by atoms with Crippen LogP contribution in [0.3, 0.4) is 0 Å². The Morgan fingerprint density at radius 2 is 0.603 bits per heavy atom. The first kappa shape index (κ1) is 59.8. The van der Waals surface area contributed by atoms with Gasteiger partial charge < -0.3 is 14.6 Å². The van der Waals surface area contributed by atoms with E-state index < -0.39 is 0 Å². The van der Waals surface area contributed by atoms with Gasteiger partial charge in [0.25, 0.3) is 0 Å². The van der Waals surface area contributed by atoms with E-state index in [2.05, 4.69) is 49.3 Å². The number of hydroxylamine groups is 2. The molecule has 63 heavy (non-hydrogen) atoms. The normalized spacial score (nSPS) is 13.6. The molecular weight excluding hydrogens is 779 g/mol. The van der Waals surface area contributed by atoms with Gasteiger partial charge in [0, 0.05) is 26.2 Å². The Morgan fingerprint density at radius 1 is 0.333 bits per heavy atom. The van der Waals surface area contributed by atoms with Gasteiger partial charge >= 0.3 is 5.97 Å². The molecular formula is C55H111N5O3. The van der Waals surface area contributed by atoms with E-state index in [0.29, 0.717) is 39.3 Å². The summed E-state index contributed by atoms with van der Waals surface area (Å²) in [5.41, 5.74) is 0. The van der Waals surface area contributed by atoms with Gasteiger partial charge in [-0.2, -0.15) is 0 Å². The highest BCUT2D eigenvalue weighted by molar-refractivity contribution is 5.78. The van der Waals surface area contributed by atoms with Crippen LogP contribution in [0.5, 0.6) is 0 Å². The zero-order valence-corrected chi connectivity index (χ0v) is 43.4. The summed E-state index contributed by atoms with van der Waals surface area (Å²) in [7, 11) is 0. The molecule has 1 amide bonds. The second-order valence-electron chi connectivity index (χ2n) is 19.8. The van der Waals surface area contributed by atoms with Crippen molar-refractivity contribution in [3.8, 4) is 0 Å². The van der Waals surface area contributed by atoms with Crippen LogP contribution < -0.4 is 0 Å². The molecule has 0 saturated carbocycles. The lowest BCUT2D eigenvalue weighted by atomic mass is 10.1. The SMILES string of the molecule is CCCCCCCCCN(CCCCCCCCC)CCN(CCCCCCCCC)CC(=O)N1CCN(OC(=O)CN(CCCCCCCCC)CCCCCCCCC)CC1. The van der Waals surface area contributed by atoms with Crippen molar-refractivity contribution < 1.29 is 14.4 Å². The summed E-state index contributed by atoms with van der Waals surface area (Å²) >= 11 is 0. The van der Waals surface area contributed by atoms with Crippen LogP contribution in [0.25, 0.3) is 0 Å².